The molecule has 0 unspecified atom stereocenters. The van der Waals surface area contributed by atoms with Gasteiger partial charge in [0.1, 0.15) is 0 Å². The number of carbonyl (C=O) groups excluding carboxylic acids is 2. The SMILES string of the molecule is CS(=O)(=O)c1ccc(NC(=O)COC(=O)c2cc(-c3cccs3)nc3ccccc23)cc1. The number of fused-ring (bicyclic) bond motifs is 1. The first-order chi connectivity index (χ1) is 15.3. The molecule has 0 radical (unpaired) electrons. The number of anilines is 1. The number of aromatic nitrogens is 1. The van der Waals surface area contributed by atoms with Crippen molar-refractivity contribution in [1.29, 1.82) is 0 Å². The minimum Gasteiger partial charge on any atom is -0.452 e. The van der Waals surface area contributed by atoms with E-state index in [4.69, 9.17) is 4.74 Å². The van der Waals surface area contributed by atoms with Crippen molar-refractivity contribution in [2.24, 2.45) is 0 Å². The van der Waals surface area contributed by atoms with Crippen LogP contribution in [0.1, 0.15) is 10.4 Å². The maximum absolute atomic E-state index is 12.8. The number of para-hydroxylation sites is 1. The first-order valence-electron chi connectivity index (χ1n) is 9.52. The molecule has 0 aliphatic rings. The van der Waals surface area contributed by atoms with E-state index in [-0.39, 0.29) is 4.90 Å². The molecule has 162 valence electrons. The normalized spacial score (nSPS) is 11.3. The lowest BCUT2D eigenvalue weighted by molar-refractivity contribution is -0.119. The van der Waals surface area contributed by atoms with Crippen LogP contribution in [-0.4, -0.2) is 38.1 Å². The largest absolute Gasteiger partial charge is 0.452 e. The highest BCUT2D eigenvalue weighted by Gasteiger charge is 2.17. The smallest absolute Gasteiger partial charge is 0.339 e. The molecular weight excluding hydrogens is 448 g/mol. The van der Waals surface area contributed by atoms with Crippen LogP contribution >= 0.6 is 11.3 Å². The van der Waals surface area contributed by atoms with Gasteiger partial charge in [0.25, 0.3) is 5.91 Å². The van der Waals surface area contributed by atoms with Gasteiger partial charge < -0.3 is 10.1 Å². The Labute approximate surface area is 188 Å². The minimum atomic E-state index is -3.32. The number of amides is 1. The fraction of sp³-hybridized carbons (Fsp3) is 0.0870. The highest BCUT2D eigenvalue weighted by molar-refractivity contribution is 7.90. The molecule has 0 saturated heterocycles. The van der Waals surface area contributed by atoms with Crippen molar-refractivity contribution in [2.45, 2.75) is 4.90 Å². The van der Waals surface area contributed by atoms with Gasteiger partial charge in [0, 0.05) is 17.3 Å². The zero-order chi connectivity index (χ0) is 22.7. The Bertz CT molecular complexity index is 1400. The maximum Gasteiger partial charge on any atom is 0.339 e. The topological polar surface area (TPSA) is 102 Å². The molecule has 7 nitrogen and oxygen atoms in total. The number of benzene rings is 2. The number of pyridine rings is 1. The average molecular weight is 467 g/mol. The quantitative estimate of drug-likeness (QED) is 0.428. The van der Waals surface area contributed by atoms with Crippen molar-refractivity contribution in [3.63, 3.8) is 0 Å². The molecule has 0 atom stereocenters. The molecule has 0 fully saturated rings. The second-order valence-corrected chi connectivity index (χ2v) is 9.93. The number of ether oxygens (including phenoxy) is 1. The van der Waals surface area contributed by atoms with Gasteiger partial charge in [-0.3, -0.25) is 4.79 Å². The Balaban J connectivity index is 1.48. The highest BCUT2D eigenvalue weighted by Crippen LogP contribution is 2.28. The number of rotatable bonds is 6. The maximum atomic E-state index is 12.8. The van der Waals surface area contributed by atoms with E-state index in [0.717, 1.165) is 11.1 Å². The van der Waals surface area contributed by atoms with Crippen LogP contribution < -0.4 is 5.32 Å². The third-order valence-corrected chi connectivity index (χ3v) is 6.63. The van der Waals surface area contributed by atoms with Crippen LogP contribution in [0.2, 0.25) is 0 Å². The number of nitrogens with zero attached hydrogens (tertiary/aromatic N) is 1. The molecule has 2 aromatic heterocycles. The summed E-state index contributed by atoms with van der Waals surface area (Å²) in [4.78, 5) is 30.7. The summed E-state index contributed by atoms with van der Waals surface area (Å²) in [6.45, 7) is -0.488. The van der Waals surface area contributed by atoms with E-state index in [2.05, 4.69) is 10.3 Å². The Kier molecular flexibility index (Phi) is 6.02. The molecule has 4 rings (SSSR count). The summed E-state index contributed by atoms with van der Waals surface area (Å²) in [7, 11) is -3.32. The fourth-order valence-corrected chi connectivity index (χ4v) is 4.40. The van der Waals surface area contributed by atoms with Crippen LogP contribution in [0.25, 0.3) is 21.5 Å². The summed E-state index contributed by atoms with van der Waals surface area (Å²) >= 11 is 1.51. The molecule has 0 aliphatic heterocycles. The number of hydrogen-bond donors (Lipinski definition) is 1. The summed E-state index contributed by atoms with van der Waals surface area (Å²) in [6, 6.07) is 18.5. The van der Waals surface area contributed by atoms with Gasteiger partial charge in [-0.15, -0.1) is 11.3 Å². The van der Waals surface area contributed by atoms with Crippen LogP contribution in [0.15, 0.2) is 77.0 Å². The summed E-state index contributed by atoms with van der Waals surface area (Å²) < 4.78 is 28.3. The van der Waals surface area contributed by atoms with E-state index in [1.807, 2.05) is 29.6 Å². The molecule has 0 bridgehead atoms. The van der Waals surface area contributed by atoms with Crippen molar-refractivity contribution in [1.82, 2.24) is 4.98 Å². The van der Waals surface area contributed by atoms with Crippen LogP contribution in [0, 0.1) is 0 Å². The number of hydrogen-bond acceptors (Lipinski definition) is 7. The predicted molar refractivity (Wildman–Crippen MR) is 124 cm³/mol. The van der Waals surface area contributed by atoms with Crippen LogP contribution in [0.4, 0.5) is 5.69 Å². The fourth-order valence-electron chi connectivity index (χ4n) is 3.09. The molecular formula is C23H18N2O5S2. The third kappa shape index (κ3) is 4.84. The third-order valence-electron chi connectivity index (χ3n) is 4.61. The highest BCUT2D eigenvalue weighted by atomic mass is 32.2. The Morgan fingerprint density at radius 1 is 1.03 bits per heavy atom. The van der Waals surface area contributed by atoms with Crippen LogP contribution in [-0.2, 0) is 19.4 Å². The Hall–Kier alpha value is -3.56. The summed E-state index contributed by atoms with van der Waals surface area (Å²) in [5.74, 6) is -1.17. The molecule has 1 amide bonds. The number of sulfone groups is 1. The second-order valence-electron chi connectivity index (χ2n) is 6.97. The average Bonchev–Trinajstić information content (AvgIpc) is 3.31. The van der Waals surface area contributed by atoms with E-state index in [0.29, 0.717) is 27.8 Å². The van der Waals surface area contributed by atoms with Gasteiger partial charge in [0.2, 0.25) is 0 Å². The van der Waals surface area contributed by atoms with Crippen molar-refractivity contribution in [3.05, 3.63) is 77.7 Å². The lowest BCUT2D eigenvalue weighted by atomic mass is 10.1. The van der Waals surface area contributed by atoms with E-state index >= 15 is 0 Å². The van der Waals surface area contributed by atoms with Crippen molar-refractivity contribution in [2.75, 3.05) is 18.2 Å². The van der Waals surface area contributed by atoms with Crippen LogP contribution in [0.3, 0.4) is 0 Å². The van der Waals surface area contributed by atoms with Crippen molar-refractivity contribution < 1.29 is 22.7 Å². The zero-order valence-corrected chi connectivity index (χ0v) is 18.6. The first-order valence-corrected chi connectivity index (χ1v) is 12.3. The molecule has 0 saturated carbocycles. The lowest BCUT2D eigenvalue weighted by Gasteiger charge is -2.10. The summed E-state index contributed by atoms with van der Waals surface area (Å²) in [5.41, 5.74) is 2.03. The minimum absolute atomic E-state index is 0.146. The number of carbonyl (C=O) groups is 2. The molecule has 4 aromatic rings. The molecule has 0 aliphatic carbocycles. The molecule has 1 N–H and O–H groups in total. The van der Waals surface area contributed by atoms with Gasteiger partial charge in [-0.2, -0.15) is 0 Å². The van der Waals surface area contributed by atoms with Crippen LogP contribution in [0.5, 0.6) is 0 Å². The standard InChI is InChI=1S/C23H18N2O5S2/c1-32(28,29)16-10-8-15(9-11-16)24-22(26)14-30-23(27)18-13-20(21-7-4-12-31-21)25-19-6-3-2-5-17(18)19/h2-13H,14H2,1H3,(H,24,26). The number of esters is 1. The van der Waals surface area contributed by atoms with Crippen molar-refractivity contribution >= 4 is 49.6 Å². The number of thiophene rings is 1. The van der Waals surface area contributed by atoms with E-state index in [9.17, 15) is 18.0 Å². The molecule has 2 heterocycles. The van der Waals surface area contributed by atoms with E-state index in [1.165, 1.54) is 35.6 Å². The van der Waals surface area contributed by atoms with Gasteiger partial charge >= 0.3 is 5.97 Å². The summed E-state index contributed by atoms with van der Waals surface area (Å²) in [5, 5.41) is 5.14. The van der Waals surface area contributed by atoms with Gasteiger partial charge in [-0.25, -0.2) is 18.2 Å². The van der Waals surface area contributed by atoms with Gasteiger partial charge in [0.05, 0.1) is 26.5 Å². The zero-order valence-electron chi connectivity index (χ0n) is 16.9. The number of nitrogens with one attached hydrogen (secondary N) is 1. The molecule has 9 heteroatoms. The lowest BCUT2D eigenvalue weighted by Crippen LogP contribution is -2.21. The van der Waals surface area contributed by atoms with Gasteiger partial charge in [0.15, 0.2) is 16.4 Å². The molecule has 2 aromatic carbocycles. The van der Waals surface area contributed by atoms with E-state index < -0.39 is 28.3 Å². The molecule has 32 heavy (non-hydrogen) atoms. The summed E-state index contributed by atoms with van der Waals surface area (Å²) in [6.07, 6.45) is 1.10. The van der Waals surface area contributed by atoms with Crippen molar-refractivity contribution in [3.8, 4) is 10.6 Å². The molecule has 0 spiro atoms. The predicted octanol–water partition coefficient (Wildman–Crippen LogP) is 4.16. The second kappa shape index (κ2) is 8.89. The monoisotopic (exact) mass is 466 g/mol. The van der Waals surface area contributed by atoms with Gasteiger partial charge in [-0.05, 0) is 47.8 Å². The Morgan fingerprint density at radius 2 is 1.78 bits per heavy atom. The first kappa shape index (κ1) is 21.7. The van der Waals surface area contributed by atoms with Gasteiger partial charge in [-0.1, -0.05) is 24.3 Å². The Morgan fingerprint density at radius 3 is 2.47 bits per heavy atom. The van der Waals surface area contributed by atoms with E-state index in [1.54, 1.807) is 18.2 Å².